The summed E-state index contributed by atoms with van der Waals surface area (Å²) < 4.78 is 10.8. The van der Waals surface area contributed by atoms with E-state index in [2.05, 4.69) is 15.1 Å². The van der Waals surface area contributed by atoms with E-state index >= 15 is 0 Å². The van der Waals surface area contributed by atoms with Gasteiger partial charge in [-0.3, -0.25) is 4.79 Å². The quantitative estimate of drug-likeness (QED) is 0.824. The van der Waals surface area contributed by atoms with Crippen molar-refractivity contribution in [1.82, 2.24) is 15.1 Å². The van der Waals surface area contributed by atoms with Gasteiger partial charge >= 0.3 is 0 Å². The molecule has 0 saturated carbocycles. The summed E-state index contributed by atoms with van der Waals surface area (Å²) in [6.07, 6.45) is 6.00. The van der Waals surface area contributed by atoms with E-state index in [1.165, 1.54) is 0 Å². The Morgan fingerprint density at radius 2 is 1.81 bits per heavy atom. The van der Waals surface area contributed by atoms with Crippen LogP contribution < -0.4 is 14.4 Å². The van der Waals surface area contributed by atoms with Crippen LogP contribution in [0.15, 0.2) is 18.3 Å². The number of carbonyl (C=O) groups excluding carboxylic acids is 1. The predicted molar refractivity (Wildman–Crippen MR) is 103 cm³/mol. The van der Waals surface area contributed by atoms with Crippen molar-refractivity contribution < 1.29 is 14.3 Å². The number of likely N-dealkylation sites (tertiary alicyclic amines) is 1. The number of anilines is 1. The molecule has 1 aromatic heterocycles. The summed E-state index contributed by atoms with van der Waals surface area (Å²) >= 11 is 0. The first kappa shape index (κ1) is 17.8. The van der Waals surface area contributed by atoms with Crippen LogP contribution in [0.5, 0.6) is 11.5 Å². The number of rotatable bonds is 4. The van der Waals surface area contributed by atoms with Crippen LogP contribution in [0, 0.1) is 5.92 Å². The van der Waals surface area contributed by atoms with Gasteiger partial charge < -0.3 is 19.3 Å². The van der Waals surface area contributed by atoms with Crippen molar-refractivity contribution in [3.8, 4) is 11.5 Å². The minimum atomic E-state index is 0.0557. The standard InChI is InChI=1S/C20H26N4O3/c1-26-18-10-15-16(11-19(18)27-2)22-21-12-17(15)24-9-5-6-14(13-24)20(25)23-7-3-4-8-23/h10-12,14H,3-9,13H2,1-2H3. The van der Waals surface area contributed by atoms with E-state index in [4.69, 9.17) is 9.47 Å². The average molecular weight is 370 g/mol. The second-order valence-electron chi connectivity index (χ2n) is 7.27. The second kappa shape index (κ2) is 7.58. The Kier molecular flexibility index (Phi) is 5.01. The molecule has 3 heterocycles. The minimum absolute atomic E-state index is 0.0557. The smallest absolute Gasteiger partial charge is 0.227 e. The van der Waals surface area contributed by atoms with Crippen molar-refractivity contribution in [2.75, 3.05) is 45.3 Å². The fourth-order valence-electron chi connectivity index (χ4n) is 4.22. The largest absolute Gasteiger partial charge is 0.493 e. The van der Waals surface area contributed by atoms with E-state index < -0.39 is 0 Å². The van der Waals surface area contributed by atoms with E-state index in [-0.39, 0.29) is 5.92 Å². The monoisotopic (exact) mass is 370 g/mol. The number of hydrogen-bond donors (Lipinski definition) is 0. The highest BCUT2D eigenvalue weighted by Gasteiger charge is 2.31. The molecule has 0 spiro atoms. The SMILES string of the molecule is COc1cc2nncc(N3CCCC(C(=O)N4CCCC4)C3)c2cc1OC. The number of carbonyl (C=O) groups is 1. The lowest BCUT2D eigenvalue weighted by Gasteiger charge is -2.35. The Morgan fingerprint density at radius 1 is 1.07 bits per heavy atom. The molecular formula is C20H26N4O3. The topological polar surface area (TPSA) is 67.8 Å². The Balaban J connectivity index is 1.63. The molecule has 27 heavy (non-hydrogen) atoms. The van der Waals surface area contributed by atoms with Crippen LogP contribution in [0.1, 0.15) is 25.7 Å². The first-order valence-corrected chi connectivity index (χ1v) is 9.62. The molecule has 1 amide bonds. The highest BCUT2D eigenvalue weighted by molar-refractivity contribution is 5.93. The molecule has 2 aliphatic heterocycles. The fourth-order valence-corrected chi connectivity index (χ4v) is 4.22. The van der Waals surface area contributed by atoms with Crippen LogP contribution >= 0.6 is 0 Å². The summed E-state index contributed by atoms with van der Waals surface area (Å²) in [5.74, 6) is 1.67. The number of amides is 1. The summed E-state index contributed by atoms with van der Waals surface area (Å²) in [5.41, 5.74) is 1.76. The molecule has 0 aliphatic carbocycles. The predicted octanol–water partition coefficient (Wildman–Crippen LogP) is 2.49. The van der Waals surface area contributed by atoms with Gasteiger partial charge in [-0.1, -0.05) is 0 Å². The molecule has 0 bridgehead atoms. The molecule has 7 nitrogen and oxygen atoms in total. The maximum atomic E-state index is 12.9. The zero-order valence-corrected chi connectivity index (χ0v) is 16.0. The van der Waals surface area contributed by atoms with Gasteiger partial charge in [0, 0.05) is 37.6 Å². The van der Waals surface area contributed by atoms with Crippen molar-refractivity contribution in [2.45, 2.75) is 25.7 Å². The molecule has 7 heteroatoms. The van der Waals surface area contributed by atoms with Crippen LogP contribution in [-0.4, -0.2) is 61.4 Å². The molecule has 4 rings (SSSR count). The molecule has 2 aromatic rings. The Labute approximate surface area is 159 Å². The van der Waals surface area contributed by atoms with E-state index in [0.29, 0.717) is 17.4 Å². The van der Waals surface area contributed by atoms with Gasteiger partial charge in [-0.15, -0.1) is 0 Å². The molecule has 0 N–H and O–H groups in total. The second-order valence-corrected chi connectivity index (χ2v) is 7.27. The summed E-state index contributed by atoms with van der Waals surface area (Å²) in [4.78, 5) is 17.2. The third-order valence-corrected chi connectivity index (χ3v) is 5.65. The first-order valence-electron chi connectivity index (χ1n) is 9.62. The molecule has 2 saturated heterocycles. The molecule has 1 unspecified atom stereocenters. The van der Waals surface area contributed by atoms with Crippen molar-refractivity contribution in [1.29, 1.82) is 0 Å². The number of hydrogen-bond acceptors (Lipinski definition) is 6. The number of ether oxygens (including phenoxy) is 2. The molecule has 1 aromatic carbocycles. The van der Waals surface area contributed by atoms with Crippen LogP contribution in [0.2, 0.25) is 0 Å². The molecule has 144 valence electrons. The first-order chi connectivity index (χ1) is 13.2. The highest BCUT2D eigenvalue weighted by Crippen LogP contribution is 2.36. The third kappa shape index (κ3) is 3.38. The normalized spacial score (nSPS) is 20.1. The van der Waals surface area contributed by atoms with Crippen molar-refractivity contribution >= 4 is 22.5 Å². The van der Waals surface area contributed by atoms with E-state index in [9.17, 15) is 4.79 Å². The van der Waals surface area contributed by atoms with E-state index in [1.54, 1.807) is 20.4 Å². The Morgan fingerprint density at radius 3 is 2.56 bits per heavy atom. The maximum Gasteiger partial charge on any atom is 0.227 e. The highest BCUT2D eigenvalue weighted by atomic mass is 16.5. The zero-order valence-electron chi connectivity index (χ0n) is 16.0. The number of piperidine rings is 1. The van der Waals surface area contributed by atoms with Gasteiger partial charge in [0.15, 0.2) is 11.5 Å². The van der Waals surface area contributed by atoms with Gasteiger partial charge in [0.05, 0.1) is 37.5 Å². The zero-order chi connectivity index (χ0) is 18.8. The molecule has 2 fully saturated rings. The maximum absolute atomic E-state index is 12.9. The van der Waals surface area contributed by atoms with Crippen molar-refractivity contribution in [3.63, 3.8) is 0 Å². The van der Waals surface area contributed by atoms with Crippen LogP contribution in [0.4, 0.5) is 5.69 Å². The summed E-state index contributed by atoms with van der Waals surface area (Å²) in [6.45, 7) is 3.46. The van der Waals surface area contributed by atoms with Gasteiger partial charge in [-0.2, -0.15) is 10.2 Å². The molecule has 2 aliphatic rings. The lowest BCUT2D eigenvalue weighted by Crippen LogP contribution is -2.44. The van der Waals surface area contributed by atoms with Gasteiger partial charge in [-0.05, 0) is 31.7 Å². The number of nitrogens with zero attached hydrogens (tertiary/aromatic N) is 4. The average Bonchev–Trinajstić information content (AvgIpc) is 3.26. The summed E-state index contributed by atoms with van der Waals surface area (Å²) in [6, 6.07) is 3.80. The van der Waals surface area contributed by atoms with E-state index in [0.717, 1.165) is 68.5 Å². The van der Waals surface area contributed by atoms with Gasteiger partial charge in [0.25, 0.3) is 0 Å². The van der Waals surface area contributed by atoms with Gasteiger partial charge in [0.1, 0.15) is 0 Å². The number of fused-ring (bicyclic) bond motifs is 1. The van der Waals surface area contributed by atoms with Gasteiger partial charge in [-0.25, -0.2) is 0 Å². The minimum Gasteiger partial charge on any atom is -0.493 e. The fraction of sp³-hybridized carbons (Fsp3) is 0.550. The van der Waals surface area contributed by atoms with Gasteiger partial charge in [0.2, 0.25) is 5.91 Å². The van der Waals surface area contributed by atoms with Crippen LogP contribution in [0.25, 0.3) is 10.9 Å². The lowest BCUT2D eigenvalue weighted by molar-refractivity contribution is -0.134. The van der Waals surface area contributed by atoms with Crippen molar-refractivity contribution in [3.05, 3.63) is 18.3 Å². The molecule has 1 atom stereocenters. The Bertz CT molecular complexity index is 835. The van der Waals surface area contributed by atoms with Crippen molar-refractivity contribution in [2.24, 2.45) is 5.92 Å². The Hall–Kier alpha value is -2.57. The van der Waals surface area contributed by atoms with Crippen LogP contribution in [-0.2, 0) is 4.79 Å². The third-order valence-electron chi connectivity index (χ3n) is 5.65. The summed E-state index contributed by atoms with van der Waals surface area (Å²) in [5, 5.41) is 9.40. The number of benzene rings is 1. The molecular weight excluding hydrogens is 344 g/mol. The van der Waals surface area contributed by atoms with E-state index in [1.807, 2.05) is 17.0 Å². The van der Waals surface area contributed by atoms with Crippen LogP contribution in [0.3, 0.4) is 0 Å². The molecule has 0 radical (unpaired) electrons. The number of methoxy groups -OCH3 is 2. The number of aromatic nitrogens is 2. The lowest BCUT2D eigenvalue weighted by atomic mass is 9.96. The summed E-state index contributed by atoms with van der Waals surface area (Å²) in [7, 11) is 3.24.